The van der Waals surface area contributed by atoms with Gasteiger partial charge in [0.05, 0.1) is 11.8 Å². The van der Waals surface area contributed by atoms with E-state index >= 15 is 0 Å². The van der Waals surface area contributed by atoms with E-state index < -0.39 is 17.8 Å². The molecule has 20 heavy (non-hydrogen) atoms. The van der Waals surface area contributed by atoms with Crippen molar-refractivity contribution in [1.29, 1.82) is 0 Å². The third kappa shape index (κ3) is 3.60. The number of ether oxygens (including phenoxy) is 1. The maximum atomic E-state index is 12.3. The van der Waals surface area contributed by atoms with Gasteiger partial charge in [-0.1, -0.05) is 12.2 Å². The second-order valence-electron chi connectivity index (χ2n) is 5.74. The van der Waals surface area contributed by atoms with Crippen molar-refractivity contribution in [2.45, 2.75) is 38.6 Å². The predicted octanol–water partition coefficient (Wildman–Crippen LogP) is 1.58. The molecule has 0 radical (unpaired) electrons. The number of amides is 1. The molecule has 1 fully saturated rings. The Bertz CT molecular complexity index is 387. The lowest BCUT2D eigenvalue weighted by atomic mass is 9.82. The second kappa shape index (κ2) is 6.88. The van der Waals surface area contributed by atoms with Crippen LogP contribution in [0.3, 0.4) is 0 Å². The third-order valence-corrected chi connectivity index (χ3v) is 4.43. The van der Waals surface area contributed by atoms with E-state index in [1.807, 2.05) is 19.1 Å². The quantitative estimate of drug-likeness (QED) is 0.767. The molecule has 1 heterocycles. The van der Waals surface area contributed by atoms with Crippen molar-refractivity contribution in [1.82, 2.24) is 5.32 Å². The van der Waals surface area contributed by atoms with Gasteiger partial charge in [0, 0.05) is 19.3 Å². The molecular weight excluding hydrogens is 258 g/mol. The molecule has 5 nitrogen and oxygen atoms in total. The molecule has 112 valence electrons. The largest absolute Gasteiger partial charge is 0.481 e. The molecule has 3 unspecified atom stereocenters. The Morgan fingerprint density at radius 1 is 1.20 bits per heavy atom. The first-order valence-corrected chi connectivity index (χ1v) is 7.35. The van der Waals surface area contributed by atoms with Crippen LogP contribution in [0.25, 0.3) is 0 Å². The van der Waals surface area contributed by atoms with Gasteiger partial charge in [0.2, 0.25) is 5.91 Å². The lowest BCUT2D eigenvalue weighted by Crippen LogP contribution is -2.46. The fraction of sp³-hybridized carbons (Fsp3) is 0.733. The first-order valence-electron chi connectivity index (χ1n) is 7.35. The van der Waals surface area contributed by atoms with Gasteiger partial charge in [-0.25, -0.2) is 0 Å². The van der Waals surface area contributed by atoms with Crippen molar-refractivity contribution in [2.75, 3.05) is 13.2 Å². The zero-order valence-corrected chi connectivity index (χ0v) is 11.9. The summed E-state index contributed by atoms with van der Waals surface area (Å²) in [5.74, 6) is -1.62. The lowest BCUT2D eigenvalue weighted by molar-refractivity contribution is -0.147. The highest BCUT2D eigenvalue weighted by atomic mass is 16.5. The van der Waals surface area contributed by atoms with Crippen molar-refractivity contribution in [2.24, 2.45) is 17.8 Å². The average Bonchev–Trinajstić information content (AvgIpc) is 2.48. The minimum absolute atomic E-state index is 0.0757. The van der Waals surface area contributed by atoms with Gasteiger partial charge in [-0.15, -0.1) is 0 Å². The van der Waals surface area contributed by atoms with E-state index in [0.29, 0.717) is 18.8 Å². The Morgan fingerprint density at radius 3 is 2.40 bits per heavy atom. The molecule has 1 aliphatic carbocycles. The topological polar surface area (TPSA) is 75.6 Å². The van der Waals surface area contributed by atoms with E-state index in [9.17, 15) is 14.7 Å². The van der Waals surface area contributed by atoms with Crippen molar-refractivity contribution >= 4 is 11.9 Å². The van der Waals surface area contributed by atoms with E-state index in [1.54, 1.807) is 0 Å². The van der Waals surface area contributed by atoms with Gasteiger partial charge in [0.1, 0.15) is 0 Å². The normalized spacial score (nSPS) is 28.9. The highest BCUT2D eigenvalue weighted by Gasteiger charge is 2.35. The zero-order valence-electron chi connectivity index (χ0n) is 11.9. The molecule has 2 rings (SSSR count). The van der Waals surface area contributed by atoms with Crippen LogP contribution in [0.15, 0.2) is 12.2 Å². The van der Waals surface area contributed by atoms with E-state index in [4.69, 9.17) is 4.74 Å². The summed E-state index contributed by atoms with van der Waals surface area (Å²) >= 11 is 0. The summed E-state index contributed by atoms with van der Waals surface area (Å²) in [6.45, 7) is 3.49. The first kappa shape index (κ1) is 15.0. The van der Waals surface area contributed by atoms with E-state index in [0.717, 1.165) is 26.1 Å². The summed E-state index contributed by atoms with van der Waals surface area (Å²) < 4.78 is 5.32. The number of allylic oxidation sites excluding steroid dienone is 2. The summed E-state index contributed by atoms with van der Waals surface area (Å²) in [5, 5.41) is 12.2. The van der Waals surface area contributed by atoms with Gasteiger partial charge in [-0.2, -0.15) is 0 Å². The molecule has 0 aromatic rings. The van der Waals surface area contributed by atoms with Crippen molar-refractivity contribution in [3.05, 3.63) is 12.2 Å². The van der Waals surface area contributed by atoms with Gasteiger partial charge in [0.15, 0.2) is 0 Å². The summed E-state index contributed by atoms with van der Waals surface area (Å²) in [7, 11) is 0. The Kier molecular flexibility index (Phi) is 5.17. The molecule has 1 amide bonds. The monoisotopic (exact) mass is 281 g/mol. The molecule has 0 aromatic carbocycles. The van der Waals surface area contributed by atoms with Crippen LogP contribution in [0.4, 0.5) is 0 Å². The van der Waals surface area contributed by atoms with Crippen LogP contribution in [0.5, 0.6) is 0 Å². The molecule has 0 spiro atoms. The van der Waals surface area contributed by atoms with Crippen LogP contribution in [-0.4, -0.2) is 36.2 Å². The summed E-state index contributed by atoms with van der Waals surface area (Å²) in [6.07, 6.45) is 6.62. The van der Waals surface area contributed by atoms with E-state index in [2.05, 4.69) is 5.32 Å². The van der Waals surface area contributed by atoms with Crippen LogP contribution in [0.1, 0.15) is 32.6 Å². The lowest BCUT2D eigenvalue weighted by Gasteiger charge is -2.31. The molecule has 1 saturated heterocycles. The molecule has 0 saturated carbocycles. The van der Waals surface area contributed by atoms with Gasteiger partial charge >= 0.3 is 5.97 Å². The van der Waals surface area contributed by atoms with E-state index in [-0.39, 0.29) is 11.9 Å². The summed E-state index contributed by atoms with van der Waals surface area (Å²) in [5.41, 5.74) is 0. The number of aliphatic carboxylic acids is 1. The van der Waals surface area contributed by atoms with Gasteiger partial charge < -0.3 is 15.2 Å². The van der Waals surface area contributed by atoms with Crippen LogP contribution in [0, 0.1) is 17.8 Å². The van der Waals surface area contributed by atoms with Crippen LogP contribution < -0.4 is 5.32 Å². The summed E-state index contributed by atoms with van der Waals surface area (Å²) in [6, 6.07) is 0.0757. The third-order valence-electron chi connectivity index (χ3n) is 4.43. The molecule has 0 aromatic heterocycles. The Morgan fingerprint density at radius 2 is 1.80 bits per heavy atom. The van der Waals surface area contributed by atoms with Crippen LogP contribution in [-0.2, 0) is 14.3 Å². The molecule has 1 aliphatic heterocycles. The maximum Gasteiger partial charge on any atom is 0.307 e. The average molecular weight is 281 g/mol. The second-order valence-corrected chi connectivity index (χ2v) is 5.74. The molecule has 0 bridgehead atoms. The zero-order chi connectivity index (χ0) is 14.5. The number of carboxylic acids is 1. The van der Waals surface area contributed by atoms with Gasteiger partial charge in [0.25, 0.3) is 0 Å². The first-order chi connectivity index (χ1) is 9.59. The fourth-order valence-electron chi connectivity index (χ4n) is 3.04. The number of hydrogen-bond acceptors (Lipinski definition) is 3. The van der Waals surface area contributed by atoms with Crippen molar-refractivity contribution < 1.29 is 19.4 Å². The molecule has 3 atom stereocenters. The number of carbonyl (C=O) groups excluding carboxylic acids is 1. The number of carboxylic acid groups (broad SMARTS) is 1. The number of rotatable bonds is 4. The Labute approximate surface area is 119 Å². The predicted molar refractivity (Wildman–Crippen MR) is 74.1 cm³/mol. The highest BCUT2D eigenvalue weighted by molar-refractivity contribution is 5.85. The Balaban J connectivity index is 1.92. The standard InChI is InChI=1S/C15H23NO4/c1-10(11-6-8-20-9-7-11)16-14(17)12-4-2-3-5-13(12)15(18)19/h2-3,10-13H,4-9H2,1H3,(H,16,17)(H,18,19). The smallest absolute Gasteiger partial charge is 0.307 e. The number of carbonyl (C=O) groups is 2. The number of hydrogen-bond donors (Lipinski definition) is 2. The molecule has 2 N–H and O–H groups in total. The number of nitrogens with one attached hydrogen (secondary N) is 1. The molecule has 5 heteroatoms. The van der Waals surface area contributed by atoms with E-state index in [1.165, 1.54) is 0 Å². The van der Waals surface area contributed by atoms with Gasteiger partial charge in [-0.3, -0.25) is 9.59 Å². The fourth-order valence-corrected chi connectivity index (χ4v) is 3.04. The van der Waals surface area contributed by atoms with Crippen molar-refractivity contribution in [3.63, 3.8) is 0 Å². The minimum atomic E-state index is -0.881. The molecular formula is C15H23NO4. The van der Waals surface area contributed by atoms with Gasteiger partial charge in [-0.05, 0) is 38.5 Å². The Hall–Kier alpha value is -1.36. The van der Waals surface area contributed by atoms with Crippen molar-refractivity contribution in [3.8, 4) is 0 Å². The molecule has 2 aliphatic rings. The SMILES string of the molecule is CC(NC(=O)C1CC=CCC1C(=O)O)C1CCOCC1. The summed E-state index contributed by atoms with van der Waals surface area (Å²) in [4.78, 5) is 23.6. The van der Waals surface area contributed by atoms with Crippen LogP contribution in [0.2, 0.25) is 0 Å². The minimum Gasteiger partial charge on any atom is -0.481 e. The maximum absolute atomic E-state index is 12.3. The highest BCUT2D eigenvalue weighted by Crippen LogP contribution is 2.27. The van der Waals surface area contributed by atoms with Crippen LogP contribution >= 0.6 is 0 Å².